The highest BCUT2D eigenvalue weighted by molar-refractivity contribution is 8.01. The quantitative estimate of drug-likeness (QED) is 0.849. The van der Waals surface area contributed by atoms with Gasteiger partial charge in [-0.3, -0.25) is 9.59 Å². The highest BCUT2D eigenvalue weighted by atomic mass is 32.2. The second-order valence-electron chi connectivity index (χ2n) is 6.73. The van der Waals surface area contributed by atoms with E-state index in [-0.39, 0.29) is 22.7 Å². The Morgan fingerprint density at radius 2 is 2.05 bits per heavy atom. The van der Waals surface area contributed by atoms with Gasteiger partial charge in [0.1, 0.15) is 6.04 Å². The number of carbonyl (C=O) groups is 2. The van der Waals surface area contributed by atoms with Gasteiger partial charge in [0.25, 0.3) is 0 Å². The first-order valence-electron chi connectivity index (χ1n) is 7.76. The Bertz CT molecular complexity index is 420. The summed E-state index contributed by atoms with van der Waals surface area (Å²) >= 11 is 1.76. The summed E-state index contributed by atoms with van der Waals surface area (Å²) in [5.74, 6) is 1.75. The van der Waals surface area contributed by atoms with E-state index in [0.29, 0.717) is 12.5 Å². The van der Waals surface area contributed by atoms with Crippen LogP contribution in [-0.4, -0.2) is 39.4 Å². The zero-order valence-corrected chi connectivity index (χ0v) is 13.2. The maximum Gasteiger partial charge on any atom is 0.243 e. The lowest BCUT2D eigenvalue weighted by atomic mass is 9.87. The van der Waals surface area contributed by atoms with Crippen molar-refractivity contribution in [1.29, 1.82) is 0 Å². The number of hydrogen-bond donors (Lipinski definition) is 1. The summed E-state index contributed by atoms with van der Waals surface area (Å²) in [5, 5.41) is 3.19. The third kappa shape index (κ3) is 2.45. The van der Waals surface area contributed by atoms with Crippen molar-refractivity contribution in [3.05, 3.63) is 0 Å². The Hall–Kier alpha value is -0.710. The third-order valence-electron chi connectivity index (χ3n) is 5.11. The minimum Gasteiger partial charge on any atom is -0.352 e. The van der Waals surface area contributed by atoms with Gasteiger partial charge < -0.3 is 10.2 Å². The number of rotatable bonds is 2. The summed E-state index contributed by atoms with van der Waals surface area (Å²) in [6.07, 6.45) is 6.03. The molecule has 0 aromatic heterocycles. The third-order valence-corrected chi connectivity index (χ3v) is 6.61. The van der Waals surface area contributed by atoms with Gasteiger partial charge in [-0.1, -0.05) is 6.92 Å². The number of nitrogens with one attached hydrogen (secondary N) is 1. The summed E-state index contributed by atoms with van der Waals surface area (Å²) in [6.45, 7) is 4.37. The number of nitrogens with zero attached hydrogens (tertiary/aromatic N) is 1. The molecule has 20 heavy (non-hydrogen) atoms. The first-order chi connectivity index (χ1) is 9.49. The molecule has 0 unspecified atom stereocenters. The Balaban J connectivity index is 1.62. The van der Waals surface area contributed by atoms with Crippen molar-refractivity contribution in [3.8, 4) is 0 Å². The van der Waals surface area contributed by atoms with Crippen LogP contribution in [0.1, 0.15) is 52.4 Å². The van der Waals surface area contributed by atoms with Crippen LogP contribution in [0.5, 0.6) is 0 Å². The molecule has 0 spiro atoms. The van der Waals surface area contributed by atoms with Crippen molar-refractivity contribution in [2.75, 3.05) is 5.75 Å². The Morgan fingerprint density at radius 1 is 1.35 bits per heavy atom. The van der Waals surface area contributed by atoms with E-state index in [1.807, 2.05) is 4.90 Å². The average Bonchev–Trinajstić information content (AvgIpc) is 2.90. The Labute approximate surface area is 125 Å². The van der Waals surface area contributed by atoms with E-state index >= 15 is 0 Å². The lowest BCUT2D eigenvalue weighted by Crippen LogP contribution is -2.52. The largest absolute Gasteiger partial charge is 0.352 e. The number of hydrogen-bond acceptors (Lipinski definition) is 3. The van der Waals surface area contributed by atoms with Crippen LogP contribution in [0.4, 0.5) is 0 Å². The maximum absolute atomic E-state index is 12.5. The predicted octanol–water partition coefficient (Wildman–Crippen LogP) is 2.14. The van der Waals surface area contributed by atoms with Crippen LogP contribution in [-0.2, 0) is 9.59 Å². The molecule has 0 aromatic rings. The molecule has 1 N–H and O–H groups in total. The highest BCUT2D eigenvalue weighted by Gasteiger charge is 2.53. The smallest absolute Gasteiger partial charge is 0.243 e. The van der Waals surface area contributed by atoms with Crippen LogP contribution in [0, 0.1) is 5.92 Å². The molecular formula is C15H24N2O2S. The minimum absolute atomic E-state index is 0.0658. The van der Waals surface area contributed by atoms with Crippen LogP contribution in [0.2, 0.25) is 0 Å². The lowest BCUT2D eigenvalue weighted by molar-refractivity contribution is -0.138. The predicted molar refractivity (Wildman–Crippen MR) is 80.3 cm³/mol. The Kier molecular flexibility index (Phi) is 3.73. The van der Waals surface area contributed by atoms with E-state index in [4.69, 9.17) is 0 Å². The standard InChI is InChI=1S/C15H24N2O2S/c1-10-3-5-11(6-4-10)16-14(19)12-9-20-15(2)8-7-13(18)17(12)15/h10-12H,3-9H2,1-2H3,(H,16,19)/t10?,11?,12-,15-/m1/s1. The summed E-state index contributed by atoms with van der Waals surface area (Å²) in [7, 11) is 0. The molecule has 2 atom stereocenters. The summed E-state index contributed by atoms with van der Waals surface area (Å²) in [6, 6.07) is 0.0626. The second-order valence-corrected chi connectivity index (χ2v) is 8.23. The molecule has 3 aliphatic rings. The molecule has 2 heterocycles. The molecule has 5 heteroatoms. The lowest BCUT2D eigenvalue weighted by Gasteiger charge is -2.32. The molecule has 2 aliphatic heterocycles. The summed E-state index contributed by atoms with van der Waals surface area (Å²) in [5.41, 5.74) is 0. The number of carbonyl (C=O) groups excluding carboxylic acids is 2. The van der Waals surface area contributed by atoms with Gasteiger partial charge in [-0.15, -0.1) is 11.8 Å². The zero-order chi connectivity index (χ0) is 14.3. The van der Waals surface area contributed by atoms with E-state index < -0.39 is 0 Å². The van der Waals surface area contributed by atoms with Crippen LogP contribution in [0.3, 0.4) is 0 Å². The van der Waals surface area contributed by atoms with E-state index in [2.05, 4.69) is 19.2 Å². The topological polar surface area (TPSA) is 49.4 Å². The van der Waals surface area contributed by atoms with E-state index in [9.17, 15) is 9.59 Å². The number of fused-ring (bicyclic) bond motifs is 1. The van der Waals surface area contributed by atoms with Crippen molar-refractivity contribution < 1.29 is 9.59 Å². The molecule has 3 rings (SSSR count). The van der Waals surface area contributed by atoms with Gasteiger partial charge in [0.05, 0.1) is 4.87 Å². The van der Waals surface area contributed by atoms with Gasteiger partial charge >= 0.3 is 0 Å². The van der Waals surface area contributed by atoms with Crippen molar-refractivity contribution in [2.45, 2.75) is 69.3 Å². The fourth-order valence-electron chi connectivity index (χ4n) is 3.72. The first kappa shape index (κ1) is 14.2. The van der Waals surface area contributed by atoms with Crippen LogP contribution in [0.25, 0.3) is 0 Å². The minimum atomic E-state index is -0.251. The van der Waals surface area contributed by atoms with Gasteiger partial charge in [0.15, 0.2) is 0 Å². The average molecular weight is 296 g/mol. The second kappa shape index (κ2) is 5.24. The SMILES string of the molecule is CC1CCC(NC(=O)[C@H]2CS[C@]3(C)CCC(=O)N23)CC1. The summed E-state index contributed by atoms with van der Waals surface area (Å²) in [4.78, 5) is 26.3. The Morgan fingerprint density at radius 3 is 2.75 bits per heavy atom. The molecule has 2 saturated heterocycles. The normalized spacial score (nSPS) is 40.8. The fourth-order valence-corrected chi connectivity index (χ4v) is 5.15. The molecular weight excluding hydrogens is 272 g/mol. The van der Waals surface area contributed by atoms with Crippen molar-refractivity contribution in [1.82, 2.24) is 10.2 Å². The van der Waals surface area contributed by atoms with Crippen molar-refractivity contribution >= 4 is 23.6 Å². The maximum atomic E-state index is 12.5. The van der Waals surface area contributed by atoms with E-state index in [1.165, 1.54) is 12.8 Å². The van der Waals surface area contributed by atoms with Crippen molar-refractivity contribution in [3.63, 3.8) is 0 Å². The highest BCUT2D eigenvalue weighted by Crippen LogP contribution is 2.47. The van der Waals surface area contributed by atoms with Gasteiger partial charge in [0, 0.05) is 18.2 Å². The van der Waals surface area contributed by atoms with E-state index in [0.717, 1.165) is 30.9 Å². The molecule has 0 aromatic carbocycles. The van der Waals surface area contributed by atoms with Crippen LogP contribution >= 0.6 is 11.8 Å². The van der Waals surface area contributed by atoms with Gasteiger partial charge in [-0.25, -0.2) is 0 Å². The summed E-state index contributed by atoms with van der Waals surface area (Å²) < 4.78 is 0. The van der Waals surface area contributed by atoms with Gasteiger partial charge in [-0.05, 0) is 44.9 Å². The fraction of sp³-hybridized carbons (Fsp3) is 0.867. The molecule has 0 bridgehead atoms. The molecule has 1 aliphatic carbocycles. The molecule has 1 saturated carbocycles. The monoisotopic (exact) mass is 296 g/mol. The van der Waals surface area contributed by atoms with Crippen molar-refractivity contribution in [2.24, 2.45) is 5.92 Å². The first-order valence-corrected chi connectivity index (χ1v) is 8.75. The van der Waals surface area contributed by atoms with E-state index in [1.54, 1.807) is 11.8 Å². The van der Waals surface area contributed by atoms with Crippen LogP contribution in [0.15, 0.2) is 0 Å². The molecule has 3 fully saturated rings. The van der Waals surface area contributed by atoms with Crippen LogP contribution < -0.4 is 5.32 Å². The zero-order valence-electron chi connectivity index (χ0n) is 12.4. The molecule has 2 amide bonds. The number of thioether (sulfide) groups is 1. The molecule has 4 nitrogen and oxygen atoms in total. The molecule has 0 radical (unpaired) electrons. The molecule has 112 valence electrons. The van der Waals surface area contributed by atoms with Gasteiger partial charge in [-0.2, -0.15) is 0 Å². The number of amides is 2. The van der Waals surface area contributed by atoms with Gasteiger partial charge in [0.2, 0.25) is 11.8 Å².